The maximum atomic E-state index is 5.72. The van der Waals surface area contributed by atoms with Crippen molar-refractivity contribution in [2.75, 3.05) is 5.73 Å². The van der Waals surface area contributed by atoms with Crippen LogP contribution in [0.15, 0.2) is 52.8 Å². The second-order valence-corrected chi connectivity index (χ2v) is 4.60. The van der Waals surface area contributed by atoms with Crippen LogP contribution in [-0.4, -0.2) is 15.0 Å². The third-order valence-electron chi connectivity index (χ3n) is 2.32. The summed E-state index contributed by atoms with van der Waals surface area (Å²) >= 11 is 1.50. The number of aromatic amines is 1. The number of hydrogen-bond acceptors (Lipinski definition) is 4. The summed E-state index contributed by atoms with van der Waals surface area (Å²) in [6.45, 7) is 0. The summed E-state index contributed by atoms with van der Waals surface area (Å²) in [5.74, 6) is 0. The van der Waals surface area contributed by atoms with E-state index in [1.165, 1.54) is 11.8 Å². The minimum Gasteiger partial charge on any atom is -0.399 e. The molecule has 0 aliphatic heterocycles. The van der Waals surface area contributed by atoms with Crippen LogP contribution in [0, 0.1) is 0 Å². The highest BCUT2D eigenvalue weighted by atomic mass is 32.2. The van der Waals surface area contributed by atoms with E-state index in [0.717, 1.165) is 26.9 Å². The van der Waals surface area contributed by atoms with Gasteiger partial charge in [-0.25, -0.2) is 9.97 Å². The fourth-order valence-corrected chi connectivity index (χ4v) is 2.32. The highest BCUT2D eigenvalue weighted by Crippen LogP contribution is 2.25. The normalized spacial score (nSPS) is 10.8. The number of nitrogens with two attached hydrogens (primary N) is 1. The molecule has 3 rings (SSSR count). The van der Waals surface area contributed by atoms with E-state index in [-0.39, 0.29) is 0 Å². The first kappa shape index (κ1) is 10.2. The number of H-pyrrole nitrogens is 1. The predicted molar refractivity (Wildman–Crippen MR) is 68.9 cm³/mol. The van der Waals surface area contributed by atoms with Gasteiger partial charge >= 0.3 is 0 Å². The van der Waals surface area contributed by atoms with E-state index in [1.54, 1.807) is 6.20 Å². The van der Waals surface area contributed by atoms with Crippen LogP contribution in [0.2, 0.25) is 0 Å². The van der Waals surface area contributed by atoms with Gasteiger partial charge in [0, 0.05) is 11.9 Å². The molecule has 0 fully saturated rings. The predicted octanol–water partition coefficient (Wildman–Crippen LogP) is 2.69. The lowest BCUT2D eigenvalue weighted by Gasteiger charge is -1.94. The summed E-state index contributed by atoms with van der Waals surface area (Å²) < 4.78 is 0. The molecular weight excluding hydrogens is 232 g/mol. The molecule has 0 aliphatic rings. The zero-order chi connectivity index (χ0) is 11.7. The van der Waals surface area contributed by atoms with Crippen LogP contribution >= 0.6 is 11.8 Å². The molecule has 0 saturated heterocycles. The zero-order valence-electron chi connectivity index (χ0n) is 8.92. The van der Waals surface area contributed by atoms with Gasteiger partial charge < -0.3 is 10.7 Å². The third kappa shape index (κ3) is 2.09. The van der Waals surface area contributed by atoms with Crippen molar-refractivity contribution < 1.29 is 0 Å². The van der Waals surface area contributed by atoms with E-state index in [2.05, 4.69) is 15.0 Å². The summed E-state index contributed by atoms with van der Waals surface area (Å²) in [6, 6.07) is 11.4. The molecule has 0 amide bonds. The van der Waals surface area contributed by atoms with Crippen LogP contribution in [0.3, 0.4) is 0 Å². The van der Waals surface area contributed by atoms with Gasteiger partial charge in [0.25, 0.3) is 0 Å². The molecule has 3 N–H and O–H groups in total. The van der Waals surface area contributed by atoms with Crippen LogP contribution in [-0.2, 0) is 0 Å². The van der Waals surface area contributed by atoms with Crippen LogP contribution < -0.4 is 5.73 Å². The van der Waals surface area contributed by atoms with Gasteiger partial charge in [0.2, 0.25) is 0 Å². The second-order valence-electron chi connectivity index (χ2n) is 3.59. The molecule has 0 atom stereocenters. The Morgan fingerprint density at radius 3 is 2.94 bits per heavy atom. The van der Waals surface area contributed by atoms with Gasteiger partial charge in [0.15, 0.2) is 5.16 Å². The maximum absolute atomic E-state index is 5.72. The van der Waals surface area contributed by atoms with Crippen molar-refractivity contribution in [3.63, 3.8) is 0 Å². The number of nitrogens with zero attached hydrogens (tertiary/aromatic N) is 2. The Labute approximate surface area is 102 Å². The Bertz CT molecular complexity index is 648. The number of aromatic nitrogens is 3. The van der Waals surface area contributed by atoms with Gasteiger partial charge in [-0.2, -0.15) is 0 Å². The van der Waals surface area contributed by atoms with Gasteiger partial charge in [-0.15, -0.1) is 0 Å². The molecule has 2 aromatic heterocycles. The quantitative estimate of drug-likeness (QED) is 0.678. The molecule has 3 aromatic rings. The third-order valence-corrected chi connectivity index (χ3v) is 3.16. The molecule has 4 nitrogen and oxygen atoms in total. The molecule has 0 saturated carbocycles. The van der Waals surface area contributed by atoms with Crippen LogP contribution in [0.25, 0.3) is 11.0 Å². The number of rotatable bonds is 2. The van der Waals surface area contributed by atoms with Gasteiger partial charge in [-0.3, -0.25) is 0 Å². The Kier molecular flexibility index (Phi) is 2.45. The van der Waals surface area contributed by atoms with Gasteiger partial charge in [-0.1, -0.05) is 6.07 Å². The minimum atomic E-state index is 0.732. The smallest absolute Gasteiger partial charge is 0.172 e. The first-order chi connectivity index (χ1) is 8.31. The van der Waals surface area contributed by atoms with Crippen molar-refractivity contribution >= 4 is 28.5 Å². The highest BCUT2D eigenvalue weighted by Gasteiger charge is 2.05. The molecule has 0 unspecified atom stereocenters. The average molecular weight is 242 g/mol. The fourth-order valence-electron chi connectivity index (χ4n) is 1.56. The molecule has 0 aliphatic carbocycles. The first-order valence-electron chi connectivity index (χ1n) is 5.15. The summed E-state index contributed by atoms with van der Waals surface area (Å²) in [5.41, 5.74) is 8.31. The van der Waals surface area contributed by atoms with E-state index in [1.807, 2.05) is 36.4 Å². The number of imidazole rings is 1. The summed E-state index contributed by atoms with van der Waals surface area (Å²) in [4.78, 5) is 11.9. The number of benzene rings is 1. The van der Waals surface area contributed by atoms with Crippen molar-refractivity contribution in [1.29, 1.82) is 0 Å². The monoisotopic (exact) mass is 242 g/mol. The molecule has 17 heavy (non-hydrogen) atoms. The molecule has 2 heterocycles. The maximum Gasteiger partial charge on any atom is 0.172 e. The Hall–Kier alpha value is -2.01. The van der Waals surface area contributed by atoms with Crippen LogP contribution in [0.4, 0.5) is 5.69 Å². The van der Waals surface area contributed by atoms with Gasteiger partial charge in [-0.05, 0) is 42.1 Å². The Morgan fingerprint density at radius 2 is 2.12 bits per heavy atom. The van der Waals surface area contributed by atoms with Crippen LogP contribution in [0.5, 0.6) is 0 Å². The molecule has 0 bridgehead atoms. The van der Waals surface area contributed by atoms with E-state index in [4.69, 9.17) is 5.73 Å². The summed E-state index contributed by atoms with van der Waals surface area (Å²) in [6.07, 6.45) is 1.77. The molecule has 0 radical (unpaired) electrons. The SMILES string of the molecule is Nc1ccc2nc(Sc3ccccn3)[nH]c2c1. The molecule has 1 aromatic carbocycles. The Morgan fingerprint density at radius 1 is 1.18 bits per heavy atom. The van der Waals surface area contributed by atoms with E-state index < -0.39 is 0 Å². The number of fused-ring (bicyclic) bond motifs is 1. The molecular formula is C12H10N4S. The Balaban J connectivity index is 1.96. The first-order valence-corrected chi connectivity index (χ1v) is 5.97. The lowest BCUT2D eigenvalue weighted by Crippen LogP contribution is -1.82. The summed E-state index contributed by atoms with van der Waals surface area (Å²) in [5, 5.41) is 1.74. The minimum absolute atomic E-state index is 0.732. The standard InChI is InChI=1S/C12H10N4S/c13-8-4-5-9-10(7-8)16-12(15-9)17-11-3-1-2-6-14-11/h1-7H,13H2,(H,15,16). The van der Waals surface area contributed by atoms with Crippen molar-refractivity contribution in [2.45, 2.75) is 10.2 Å². The van der Waals surface area contributed by atoms with Gasteiger partial charge in [0.1, 0.15) is 5.03 Å². The lowest BCUT2D eigenvalue weighted by molar-refractivity contribution is 1.06. The van der Waals surface area contributed by atoms with Crippen molar-refractivity contribution in [3.8, 4) is 0 Å². The van der Waals surface area contributed by atoms with E-state index in [9.17, 15) is 0 Å². The van der Waals surface area contributed by atoms with E-state index in [0.29, 0.717) is 0 Å². The van der Waals surface area contributed by atoms with Crippen LogP contribution in [0.1, 0.15) is 0 Å². The van der Waals surface area contributed by atoms with E-state index >= 15 is 0 Å². The molecule has 5 heteroatoms. The number of anilines is 1. The average Bonchev–Trinajstić information content (AvgIpc) is 2.71. The summed E-state index contributed by atoms with van der Waals surface area (Å²) in [7, 11) is 0. The highest BCUT2D eigenvalue weighted by molar-refractivity contribution is 7.99. The lowest BCUT2D eigenvalue weighted by atomic mass is 10.3. The van der Waals surface area contributed by atoms with Crippen molar-refractivity contribution in [1.82, 2.24) is 15.0 Å². The zero-order valence-corrected chi connectivity index (χ0v) is 9.74. The second kappa shape index (κ2) is 4.10. The number of hydrogen-bond donors (Lipinski definition) is 2. The molecule has 0 spiro atoms. The topological polar surface area (TPSA) is 67.6 Å². The molecule has 84 valence electrons. The number of pyridine rings is 1. The van der Waals surface area contributed by atoms with Crippen molar-refractivity contribution in [3.05, 3.63) is 42.6 Å². The largest absolute Gasteiger partial charge is 0.399 e. The van der Waals surface area contributed by atoms with Gasteiger partial charge in [0.05, 0.1) is 11.0 Å². The number of nitrogen functional groups attached to an aromatic ring is 1. The van der Waals surface area contributed by atoms with Crippen molar-refractivity contribution in [2.24, 2.45) is 0 Å². The number of nitrogens with one attached hydrogen (secondary N) is 1. The fraction of sp³-hybridized carbons (Fsp3) is 0.